The Morgan fingerprint density at radius 2 is 1.73 bits per heavy atom. The molecule has 0 aromatic carbocycles. The average Bonchev–Trinajstić information content (AvgIpc) is 2.24. The van der Waals surface area contributed by atoms with Crippen LogP contribution >= 0.6 is 0 Å². The molecule has 0 atom stereocenters. The smallest absolute Gasteiger partial charge is 0.248 e. The first kappa shape index (κ1) is 13.9. The van der Waals surface area contributed by atoms with Crippen LogP contribution < -0.4 is 22.5 Å². The second-order valence-electron chi connectivity index (χ2n) is 2.98. The van der Waals surface area contributed by atoms with Crippen molar-refractivity contribution in [1.29, 1.82) is 0 Å². The van der Waals surface area contributed by atoms with E-state index in [-0.39, 0.29) is 5.91 Å². The van der Waals surface area contributed by atoms with Crippen LogP contribution in [0.1, 0.15) is 0 Å². The number of rotatable bonds is 8. The van der Waals surface area contributed by atoms with E-state index in [1.807, 2.05) is 0 Å². The van der Waals surface area contributed by atoms with E-state index in [1.54, 1.807) is 11.1 Å². The first-order valence-corrected chi connectivity index (χ1v) is 5.05. The van der Waals surface area contributed by atoms with Crippen LogP contribution in [0.2, 0.25) is 0 Å². The zero-order valence-corrected chi connectivity index (χ0v) is 8.98. The molecule has 7 N–H and O–H groups in total. The Morgan fingerprint density at radius 1 is 1.13 bits per heavy atom. The van der Waals surface area contributed by atoms with Gasteiger partial charge >= 0.3 is 0 Å². The molecule has 6 nitrogen and oxygen atoms in total. The Bertz CT molecular complexity index is 189. The summed E-state index contributed by atoms with van der Waals surface area (Å²) in [5, 5.41) is 2.89. The van der Waals surface area contributed by atoms with Crippen LogP contribution in [-0.4, -0.2) is 50.1 Å². The molecule has 88 valence electrons. The van der Waals surface area contributed by atoms with Crippen molar-refractivity contribution in [2.75, 3.05) is 39.3 Å². The normalized spacial score (nSPS) is 10.6. The molecule has 0 saturated carbocycles. The Labute approximate surface area is 90.5 Å². The van der Waals surface area contributed by atoms with Gasteiger partial charge in [0.15, 0.2) is 0 Å². The zero-order chi connectivity index (χ0) is 11.5. The van der Waals surface area contributed by atoms with E-state index in [9.17, 15) is 4.79 Å². The Kier molecular flexibility index (Phi) is 8.75. The first-order valence-electron chi connectivity index (χ1n) is 5.05. The summed E-state index contributed by atoms with van der Waals surface area (Å²) in [5.41, 5.74) is 16.0. The topological polar surface area (TPSA) is 110 Å². The lowest BCUT2D eigenvalue weighted by Gasteiger charge is -2.19. The van der Waals surface area contributed by atoms with E-state index in [1.165, 1.54) is 6.08 Å². The molecule has 0 saturated heterocycles. The van der Waals surface area contributed by atoms with Crippen molar-refractivity contribution < 1.29 is 4.79 Å². The predicted octanol–water partition coefficient (Wildman–Crippen LogP) is -2.21. The summed E-state index contributed by atoms with van der Waals surface area (Å²) in [6.07, 6.45) is 3.05. The summed E-state index contributed by atoms with van der Waals surface area (Å²) in [4.78, 5) is 13.2. The molecule has 0 aliphatic rings. The van der Waals surface area contributed by atoms with E-state index in [0.29, 0.717) is 39.3 Å². The Morgan fingerprint density at radius 3 is 2.20 bits per heavy atom. The van der Waals surface area contributed by atoms with Crippen molar-refractivity contribution in [3.8, 4) is 0 Å². The number of nitrogens with two attached hydrogens (primary N) is 3. The summed E-state index contributed by atoms with van der Waals surface area (Å²) >= 11 is 0. The lowest BCUT2D eigenvalue weighted by molar-refractivity contribution is -0.125. The van der Waals surface area contributed by atoms with Crippen LogP contribution in [0.5, 0.6) is 0 Å². The van der Waals surface area contributed by atoms with Crippen LogP contribution in [0.3, 0.4) is 0 Å². The molecule has 0 fully saturated rings. The quantitative estimate of drug-likeness (QED) is 0.271. The maximum absolute atomic E-state index is 11.5. The van der Waals surface area contributed by atoms with Gasteiger partial charge in [-0.3, -0.25) is 4.79 Å². The number of carbonyl (C=O) groups excluding carboxylic acids is 1. The predicted molar refractivity (Wildman–Crippen MR) is 60.9 cm³/mol. The fraction of sp³-hybridized carbons (Fsp3) is 0.667. The van der Waals surface area contributed by atoms with Gasteiger partial charge in [0.2, 0.25) is 5.91 Å². The maximum atomic E-state index is 11.5. The number of carbonyl (C=O) groups is 1. The monoisotopic (exact) mass is 215 g/mol. The van der Waals surface area contributed by atoms with E-state index < -0.39 is 0 Å². The number of nitrogens with one attached hydrogen (secondary N) is 1. The third kappa shape index (κ3) is 6.89. The number of hydrogen-bond donors (Lipinski definition) is 4. The van der Waals surface area contributed by atoms with E-state index in [2.05, 4.69) is 5.32 Å². The van der Waals surface area contributed by atoms with Gasteiger partial charge in [-0.1, -0.05) is 0 Å². The fourth-order valence-corrected chi connectivity index (χ4v) is 1.05. The van der Waals surface area contributed by atoms with Crippen molar-refractivity contribution in [3.63, 3.8) is 0 Å². The van der Waals surface area contributed by atoms with Gasteiger partial charge in [-0.15, -0.1) is 0 Å². The van der Waals surface area contributed by atoms with Crippen LogP contribution in [0.15, 0.2) is 12.3 Å². The van der Waals surface area contributed by atoms with Crippen LogP contribution in [0.25, 0.3) is 0 Å². The molecular weight excluding hydrogens is 194 g/mol. The van der Waals surface area contributed by atoms with E-state index in [4.69, 9.17) is 17.2 Å². The highest BCUT2D eigenvalue weighted by Gasteiger charge is 2.07. The van der Waals surface area contributed by atoms with Gasteiger partial charge in [-0.2, -0.15) is 0 Å². The fourth-order valence-electron chi connectivity index (χ4n) is 1.05. The molecule has 0 heterocycles. The summed E-state index contributed by atoms with van der Waals surface area (Å²) in [7, 11) is 0. The zero-order valence-electron chi connectivity index (χ0n) is 8.98. The van der Waals surface area contributed by atoms with E-state index in [0.717, 1.165) is 0 Å². The molecule has 0 aromatic rings. The maximum Gasteiger partial charge on any atom is 0.248 e. The second kappa shape index (κ2) is 9.45. The summed E-state index contributed by atoms with van der Waals surface area (Å²) < 4.78 is 0. The summed E-state index contributed by atoms with van der Waals surface area (Å²) in [6.45, 7) is 3.12. The summed E-state index contributed by atoms with van der Waals surface area (Å²) in [6, 6.07) is 0. The van der Waals surface area contributed by atoms with Crippen LogP contribution in [-0.2, 0) is 4.79 Å². The molecule has 0 rings (SSSR count). The minimum Gasteiger partial charge on any atom is -0.389 e. The SMILES string of the molecule is NCCNC=CC(=O)N(CCN)CCN. The molecule has 0 aliphatic heterocycles. The lowest BCUT2D eigenvalue weighted by atomic mass is 10.4. The highest BCUT2D eigenvalue weighted by atomic mass is 16.2. The molecule has 0 unspecified atom stereocenters. The van der Waals surface area contributed by atoms with Gasteiger partial charge < -0.3 is 27.4 Å². The van der Waals surface area contributed by atoms with Gasteiger partial charge in [-0.05, 0) is 0 Å². The number of amides is 1. The molecular formula is C9H21N5O. The van der Waals surface area contributed by atoms with Gasteiger partial charge in [0.25, 0.3) is 0 Å². The van der Waals surface area contributed by atoms with E-state index >= 15 is 0 Å². The van der Waals surface area contributed by atoms with Crippen molar-refractivity contribution in [3.05, 3.63) is 12.3 Å². The molecule has 15 heavy (non-hydrogen) atoms. The largest absolute Gasteiger partial charge is 0.389 e. The molecule has 0 aliphatic carbocycles. The van der Waals surface area contributed by atoms with Gasteiger partial charge in [0, 0.05) is 51.5 Å². The summed E-state index contributed by atoms with van der Waals surface area (Å²) in [5.74, 6) is -0.0876. The molecule has 1 amide bonds. The standard InChI is InChI=1S/C9H21N5O/c10-2-6-13-5-1-9(15)14(7-3-11)8-4-12/h1,5,13H,2-4,6-8,10-12H2. The second-order valence-corrected chi connectivity index (χ2v) is 2.98. The molecule has 0 bridgehead atoms. The van der Waals surface area contributed by atoms with Gasteiger partial charge in [-0.25, -0.2) is 0 Å². The van der Waals surface area contributed by atoms with Gasteiger partial charge in [0.1, 0.15) is 0 Å². The molecule has 6 heteroatoms. The third-order valence-electron chi connectivity index (χ3n) is 1.74. The minimum atomic E-state index is -0.0876. The Hall–Kier alpha value is -1.11. The highest BCUT2D eigenvalue weighted by Crippen LogP contribution is 1.89. The Balaban J connectivity index is 3.95. The first-order chi connectivity index (χ1) is 7.26. The highest BCUT2D eigenvalue weighted by molar-refractivity contribution is 5.87. The van der Waals surface area contributed by atoms with Crippen molar-refractivity contribution in [2.45, 2.75) is 0 Å². The van der Waals surface area contributed by atoms with Crippen molar-refractivity contribution in [1.82, 2.24) is 10.2 Å². The third-order valence-corrected chi connectivity index (χ3v) is 1.74. The molecule has 0 spiro atoms. The van der Waals surface area contributed by atoms with Gasteiger partial charge in [0.05, 0.1) is 0 Å². The van der Waals surface area contributed by atoms with Crippen LogP contribution in [0.4, 0.5) is 0 Å². The average molecular weight is 215 g/mol. The minimum absolute atomic E-state index is 0.0876. The number of nitrogens with zero attached hydrogens (tertiary/aromatic N) is 1. The molecule has 0 aromatic heterocycles. The number of hydrogen-bond acceptors (Lipinski definition) is 5. The molecule has 0 radical (unpaired) electrons. The lowest BCUT2D eigenvalue weighted by Crippen LogP contribution is -2.38. The van der Waals surface area contributed by atoms with Crippen molar-refractivity contribution >= 4 is 5.91 Å². The van der Waals surface area contributed by atoms with Crippen molar-refractivity contribution in [2.24, 2.45) is 17.2 Å². The van der Waals surface area contributed by atoms with Crippen LogP contribution in [0, 0.1) is 0 Å².